The molecule has 0 aliphatic heterocycles. The van der Waals surface area contributed by atoms with Crippen molar-refractivity contribution >= 4 is 11.5 Å². The minimum absolute atomic E-state index is 1.35. The Morgan fingerprint density at radius 2 is 1.47 bits per heavy atom. The standard InChI is InChI=1S/C4H5N.2C3H4N2.2C2H3N3.C2H2N2S/c1-2-4-5-3-1;1-2-5-3-4-1;1-2-4-5-3-1;1-3-2-5-4-1;1-2-4-5-3-1;1-2-5-4-3-1/h1-5H;2*1-3H,(H,4,5);2*1-2H,(H,3,4,5);1-2H. The lowest BCUT2D eigenvalue weighted by Gasteiger charge is -1.49. The fourth-order valence-electron chi connectivity index (χ4n) is 1.18. The lowest BCUT2D eigenvalue weighted by molar-refractivity contribution is 0.940. The van der Waals surface area contributed by atoms with Crippen molar-refractivity contribution in [3.8, 4) is 0 Å². The van der Waals surface area contributed by atoms with Gasteiger partial charge in [-0.2, -0.15) is 25.6 Å². The van der Waals surface area contributed by atoms with Gasteiger partial charge in [-0.3, -0.25) is 10.2 Å². The van der Waals surface area contributed by atoms with Crippen LogP contribution in [0.2, 0.25) is 0 Å². The molecule has 0 aliphatic carbocycles. The number of imidazole rings is 1. The molecule has 0 unspecified atom stereocenters. The van der Waals surface area contributed by atoms with Crippen LogP contribution < -0.4 is 0 Å². The molecule has 6 aromatic rings. The fourth-order valence-corrected chi connectivity index (χ4v) is 1.45. The zero-order chi connectivity index (χ0) is 21.2. The monoisotopic (exact) mass is 427 g/mol. The molecule has 0 saturated carbocycles. The Morgan fingerprint density at radius 3 is 1.67 bits per heavy atom. The third-order valence-electron chi connectivity index (χ3n) is 2.25. The van der Waals surface area contributed by atoms with Crippen LogP contribution in [-0.2, 0) is 0 Å². The Labute approximate surface area is 175 Å². The zero-order valence-corrected chi connectivity index (χ0v) is 16.5. The summed E-state index contributed by atoms with van der Waals surface area (Å²) in [5, 5.41) is 26.8. The van der Waals surface area contributed by atoms with E-state index in [2.05, 4.69) is 65.3 Å². The maximum absolute atomic E-state index is 3.67. The highest BCUT2D eigenvalue weighted by Crippen LogP contribution is 1.78. The van der Waals surface area contributed by atoms with E-state index in [4.69, 9.17) is 0 Å². The quantitative estimate of drug-likeness (QED) is 0.244. The summed E-state index contributed by atoms with van der Waals surface area (Å²) in [6.07, 6.45) is 20.1. The summed E-state index contributed by atoms with van der Waals surface area (Å²) >= 11 is 1.35. The van der Waals surface area contributed by atoms with Crippen LogP contribution in [0.1, 0.15) is 0 Å². The van der Waals surface area contributed by atoms with Crippen molar-refractivity contribution in [3.05, 3.63) is 98.3 Å². The Hall–Kier alpha value is -4.46. The van der Waals surface area contributed by atoms with Gasteiger partial charge >= 0.3 is 0 Å². The molecule has 14 heteroatoms. The van der Waals surface area contributed by atoms with Gasteiger partial charge in [0.15, 0.2) is 0 Å². The number of hydrogen-bond acceptors (Lipinski definition) is 9. The number of hydrogen-bond donors (Lipinski definition) is 5. The molecule has 6 heterocycles. The third-order valence-corrected chi connectivity index (χ3v) is 2.68. The largest absolute Gasteiger partial charge is 0.368 e. The number of H-pyrrole nitrogens is 5. The average molecular weight is 428 g/mol. The van der Waals surface area contributed by atoms with Gasteiger partial charge in [-0.15, -0.1) is 5.10 Å². The SMILES string of the molecule is c1c[nH]cn1.c1cc[nH]c1.c1cn[nH]c1.c1cn[nH]n1.c1csnn1.c1nc[nH]n1. The Balaban J connectivity index is 0.000000180. The number of nitrogens with zero attached hydrogens (tertiary/aromatic N) is 8. The van der Waals surface area contributed by atoms with Gasteiger partial charge in [0.25, 0.3) is 0 Å². The average Bonchev–Trinajstić information content (AvgIpc) is 3.69. The summed E-state index contributed by atoms with van der Waals surface area (Å²) in [5.74, 6) is 0. The van der Waals surface area contributed by atoms with E-state index < -0.39 is 0 Å². The molecule has 0 spiro atoms. The van der Waals surface area contributed by atoms with E-state index in [0.717, 1.165) is 0 Å². The van der Waals surface area contributed by atoms with E-state index in [1.54, 1.807) is 49.7 Å². The summed E-state index contributed by atoms with van der Waals surface area (Å²) in [5.41, 5.74) is 0. The zero-order valence-electron chi connectivity index (χ0n) is 15.7. The van der Waals surface area contributed by atoms with Crippen LogP contribution in [-0.4, -0.2) is 65.3 Å². The summed E-state index contributed by atoms with van der Waals surface area (Å²) in [6.45, 7) is 0. The second-order valence-corrected chi connectivity index (χ2v) is 4.95. The van der Waals surface area contributed by atoms with Gasteiger partial charge in [0.1, 0.15) is 12.7 Å². The summed E-state index contributed by atoms with van der Waals surface area (Å²) in [4.78, 5) is 12.8. The highest BCUT2D eigenvalue weighted by Gasteiger charge is 1.61. The van der Waals surface area contributed by atoms with E-state index in [0.29, 0.717) is 0 Å². The van der Waals surface area contributed by atoms with Crippen LogP contribution in [0, 0.1) is 0 Å². The van der Waals surface area contributed by atoms with Gasteiger partial charge < -0.3 is 9.97 Å². The van der Waals surface area contributed by atoms with Crippen LogP contribution in [0.3, 0.4) is 0 Å². The predicted octanol–water partition coefficient (Wildman–Crippen LogP) is 1.98. The maximum Gasteiger partial charge on any atom is 0.137 e. The minimum atomic E-state index is 1.35. The highest BCUT2D eigenvalue weighted by molar-refractivity contribution is 7.03. The van der Waals surface area contributed by atoms with E-state index in [9.17, 15) is 0 Å². The van der Waals surface area contributed by atoms with E-state index in [1.807, 2.05) is 36.0 Å². The van der Waals surface area contributed by atoms with Crippen LogP contribution in [0.4, 0.5) is 0 Å². The van der Waals surface area contributed by atoms with Gasteiger partial charge in [0, 0.05) is 42.6 Å². The second-order valence-electron chi connectivity index (χ2n) is 4.31. The van der Waals surface area contributed by atoms with Crippen LogP contribution in [0.25, 0.3) is 0 Å². The molecule has 0 aromatic carbocycles. The van der Waals surface area contributed by atoms with Crippen molar-refractivity contribution in [2.24, 2.45) is 0 Å². The Bertz CT molecular complexity index is 578. The summed E-state index contributed by atoms with van der Waals surface area (Å²) in [6, 6.07) is 5.72. The Kier molecular flexibility index (Phi) is 16.4. The first-order valence-electron chi connectivity index (χ1n) is 8.24. The molecule has 0 radical (unpaired) electrons. The highest BCUT2D eigenvalue weighted by atomic mass is 32.1. The molecule has 30 heavy (non-hydrogen) atoms. The normalized spacial score (nSPS) is 8.00. The maximum atomic E-state index is 3.67. The molecule has 0 fully saturated rings. The summed E-state index contributed by atoms with van der Waals surface area (Å²) in [7, 11) is 0. The molecule has 13 nitrogen and oxygen atoms in total. The number of nitrogens with one attached hydrogen (secondary N) is 5. The van der Waals surface area contributed by atoms with Crippen molar-refractivity contribution in [2.75, 3.05) is 0 Å². The van der Waals surface area contributed by atoms with E-state index in [-0.39, 0.29) is 0 Å². The molecule has 0 aliphatic rings. The van der Waals surface area contributed by atoms with Gasteiger partial charge in [0.2, 0.25) is 0 Å². The third kappa shape index (κ3) is 18.3. The lowest BCUT2D eigenvalue weighted by Crippen LogP contribution is -1.61. The van der Waals surface area contributed by atoms with E-state index in [1.165, 1.54) is 24.2 Å². The number of aromatic nitrogens is 13. The van der Waals surface area contributed by atoms with Crippen LogP contribution in [0.15, 0.2) is 98.3 Å². The molecule has 0 bridgehead atoms. The number of rotatable bonds is 0. The molecule has 0 amide bonds. The lowest BCUT2D eigenvalue weighted by atomic mass is 10.7. The summed E-state index contributed by atoms with van der Waals surface area (Å²) < 4.78 is 3.51. The molecule has 5 N–H and O–H groups in total. The first kappa shape index (κ1) is 23.6. The predicted molar refractivity (Wildman–Crippen MR) is 111 cm³/mol. The molecule has 6 aromatic heterocycles. The Morgan fingerprint density at radius 1 is 0.600 bits per heavy atom. The molecule has 0 atom stereocenters. The minimum Gasteiger partial charge on any atom is -0.368 e. The molecule has 156 valence electrons. The second kappa shape index (κ2) is 20.8. The molecular formula is C16H21N13S. The molecule has 6 rings (SSSR count). The molecule has 0 saturated heterocycles. The van der Waals surface area contributed by atoms with Crippen molar-refractivity contribution in [2.45, 2.75) is 0 Å². The first-order valence-corrected chi connectivity index (χ1v) is 9.07. The topological polar surface area (TPSA) is 182 Å². The van der Waals surface area contributed by atoms with Crippen molar-refractivity contribution in [3.63, 3.8) is 0 Å². The van der Waals surface area contributed by atoms with Crippen molar-refractivity contribution in [1.29, 1.82) is 0 Å². The van der Waals surface area contributed by atoms with Crippen molar-refractivity contribution in [1.82, 2.24) is 65.3 Å². The van der Waals surface area contributed by atoms with Crippen LogP contribution in [0.5, 0.6) is 0 Å². The van der Waals surface area contributed by atoms with Crippen LogP contribution >= 0.6 is 11.5 Å². The van der Waals surface area contributed by atoms with Gasteiger partial charge in [-0.1, -0.05) is 4.49 Å². The number of aromatic amines is 5. The van der Waals surface area contributed by atoms with E-state index >= 15 is 0 Å². The smallest absolute Gasteiger partial charge is 0.137 e. The van der Waals surface area contributed by atoms with Crippen molar-refractivity contribution < 1.29 is 0 Å². The fraction of sp³-hybridized carbons (Fsp3) is 0. The first-order chi connectivity index (χ1) is 15.0. The van der Waals surface area contributed by atoms with Gasteiger partial charge in [-0.05, 0) is 29.7 Å². The van der Waals surface area contributed by atoms with Gasteiger partial charge in [-0.25, -0.2) is 9.97 Å². The molecular weight excluding hydrogens is 406 g/mol. The van der Waals surface area contributed by atoms with Gasteiger partial charge in [0.05, 0.1) is 24.9 Å².